The van der Waals surface area contributed by atoms with Gasteiger partial charge < -0.3 is 20.1 Å². The van der Waals surface area contributed by atoms with Gasteiger partial charge in [-0.15, -0.1) is 0 Å². The lowest BCUT2D eigenvalue weighted by atomic mass is 10.1. The third-order valence-corrected chi connectivity index (χ3v) is 5.05. The first-order chi connectivity index (χ1) is 14.2. The Bertz CT molecular complexity index is 812. The van der Waals surface area contributed by atoms with Crippen molar-refractivity contribution < 1.29 is 19.1 Å². The van der Waals surface area contributed by atoms with Gasteiger partial charge in [-0.1, -0.05) is 37.8 Å². The van der Waals surface area contributed by atoms with Crippen molar-refractivity contribution in [1.29, 1.82) is 0 Å². The molecule has 29 heavy (non-hydrogen) atoms. The minimum absolute atomic E-state index is 0.0105. The van der Waals surface area contributed by atoms with Crippen LogP contribution in [0.5, 0.6) is 11.5 Å². The van der Waals surface area contributed by atoms with Gasteiger partial charge in [-0.25, -0.2) is 0 Å². The number of hydrogen-bond donors (Lipinski definition) is 2. The average Bonchev–Trinajstić information content (AvgIpc) is 3.01. The Balaban J connectivity index is 1.48. The van der Waals surface area contributed by atoms with Crippen LogP contribution in [-0.4, -0.2) is 31.6 Å². The number of nitrogens with one attached hydrogen (secondary N) is 2. The second-order valence-electron chi connectivity index (χ2n) is 7.22. The molecule has 0 atom stereocenters. The van der Waals surface area contributed by atoms with Crippen LogP contribution in [0.4, 0.5) is 5.69 Å². The summed E-state index contributed by atoms with van der Waals surface area (Å²) in [4.78, 5) is 24.6. The Morgan fingerprint density at radius 1 is 0.966 bits per heavy atom. The fourth-order valence-electron chi connectivity index (χ4n) is 3.51. The number of carbonyl (C=O) groups excluding carboxylic acids is 2. The highest BCUT2D eigenvalue weighted by Gasteiger charge is 2.15. The first-order valence-electron chi connectivity index (χ1n) is 10.1. The highest BCUT2D eigenvalue weighted by Crippen LogP contribution is 2.21. The van der Waals surface area contributed by atoms with Crippen LogP contribution in [0.2, 0.25) is 0 Å². The molecular formula is C23H28N2O4. The van der Waals surface area contributed by atoms with Gasteiger partial charge in [-0.3, -0.25) is 9.59 Å². The lowest BCUT2D eigenvalue weighted by molar-refractivity contribution is -0.123. The smallest absolute Gasteiger partial charge is 0.259 e. The Kier molecular flexibility index (Phi) is 7.50. The first kappa shape index (κ1) is 20.7. The average molecular weight is 396 g/mol. The lowest BCUT2D eigenvalue weighted by Crippen LogP contribution is -2.37. The molecule has 1 saturated carbocycles. The quantitative estimate of drug-likeness (QED) is 0.689. The highest BCUT2D eigenvalue weighted by molar-refractivity contribution is 6.06. The molecule has 6 nitrogen and oxygen atoms in total. The molecule has 1 aliphatic carbocycles. The number of rotatable bonds is 7. The molecule has 0 spiro atoms. The van der Waals surface area contributed by atoms with Crippen LogP contribution in [0.3, 0.4) is 0 Å². The number of ether oxygens (including phenoxy) is 2. The highest BCUT2D eigenvalue weighted by atomic mass is 16.5. The summed E-state index contributed by atoms with van der Waals surface area (Å²) in [5.41, 5.74) is 1.10. The second kappa shape index (κ2) is 10.5. The molecule has 1 fully saturated rings. The van der Waals surface area contributed by atoms with Crippen molar-refractivity contribution in [2.45, 2.75) is 44.6 Å². The minimum atomic E-state index is -0.251. The van der Waals surface area contributed by atoms with Gasteiger partial charge in [0, 0.05) is 11.7 Å². The van der Waals surface area contributed by atoms with Gasteiger partial charge >= 0.3 is 0 Å². The molecule has 2 amide bonds. The van der Waals surface area contributed by atoms with E-state index in [9.17, 15) is 9.59 Å². The summed E-state index contributed by atoms with van der Waals surface area (Å²) in [6, 6.07) is 14.3. The minimum Gasteiger partial charge on any atom is -0.496 e. The fourth-order valence-corrected chi connectivity index (χ4v) is 3.51. The van der Waals surface area contributed by atoms with E-state index in [0.717, 1.165) is 12.8 Å². The Morgan fingerprint density at radius 2 is 1.66 bits per heavy atom. The third-order valence-electron chi connectivity index (χ3n) is 5.05. The van der Waals surface area contributed by atoms with Crippen molar-refractivity contribution in [2.75, 3.05) is 19.0 Å². The SMILES string of the molecule is COc1ccccc1C(=O)Nc1ccc(OCC(=O)NC2CCCCCC2)cc1. The maximum atomic E-state index is 12.4. The summed E-state index contributed by atoms with van der Waals surface area (Å²) in [5, 5.41) is 5.89. The molecule has 1 aliphatic rings. The normalized spacial score (nSPS) is 14.5. The van der Waals surface area contributed by atoms with Crippen molar-refractivity contribution in [3.8, 4) is 11.5 Å². The van der Waals surface area contributed by atoms with E-state index in [4.69, 9.17) is 9.47 Å². The van der Waals surface area contributed by atoms with Crippen molar-refractivity contribution in [3.63, 3.8) is 0 Å². The first-order valence-corrected chi connectivity index (χ1v) is 10.1. The van der Waals surface area contributed by atoms with Gasteiger partial charge in [0.2, 0.25) is 0 Å². The Hall–Kier alpha value is -3.02. The molecule has 2 N–H and O–H groups in total. The molecule has 6 heteroatoms. The van der Waals surface area contributed by atoms with Gasteiger partial charge in [0.15, 0.2) is 6.61 Å². The number of benzene rings is 2. The van der Waals surface area contributed by atoms with Gasteiger partial charge in [0.1, 0.15) is 11.5 Å². The van der Waals surface area contributed by atoms with Crippen molar-refractivity contribution >= 4 is 17.5 Å². The molecular weight excluding hydrogens is 368 g/mol. The summed E-state index contributed by atoms with van der Waals surface area (Å²) in [7, 11) is 1.53. The van der Waals surface area contributed by atoms with Crippen molar-refractivity contribution in [3.05, 3.63) is 54.1 Å². The van der Waals surface area contributed by atoms with E-state index in [-0.39, 0.29) is 24.5 Å². The largest absolute Gasteiger partial charge is 0.496 e. The second-order valence-corrected chi connectivity index (χ2v) is 7.22. The number of carbonyl (C=O) groups is 2. The van der Waals surface area contributed by atoms with Crippen LogP contribution in [0.1, 0.15) is 48.9 Å². The molecule has 0 unspecified atom stereocenters. The van der Waals surface area contributed by atoms with E-state index in [1.54, 1.807) is 42.5 Å². The van der Waals surface area contributed by atoms with E-state index in [0.29, 0.717) is 22.7 Å². The molecule has 0 aliphatic heterocycles. The van der Waals surface area contributed by atoms with Crippen LogP contribution in [-0.2, 0) is 4.79 Å². The van der Waals surface area contributed by atoms with Crippen molar-refractivity contribution in [2.24, 2.45) is 0 Å². The number of para-hydroxylation sites is 1. The molecule has 154 valence electrons. The van der Waals surface area contributed by atoms with E-state index >= 15 is 0 Å². The van der Waals surface area contributed by atoms with Crippen LogP contribution in [0.15, 0.2) is 48.5 Å². The van der Waals surface area contributed by atoms with Crippen LogP contribution < -0.4 is 20.1 Å². The zero-order valence-electron chi connectivity index (χ0n) is 16.8. The van der Waals surface area contributed by atoms with E-state index in [2.05, 4.69) is 10.6 Å². The van der Waals surface area contributed by atoms with Crippen molar-refractivity contribution in [1.82, 2.24) is 5.32 Å². The summed E-state index contributed by atoms with van der Waals surface area (Å²) in [6.07, 6.45) is 6.95. The molecule has 2 aromatic rings. The fraction of sp³-hybridized carbons (Fsp3) is 0.391. The molecule has 0 bridgehead atoms. The number of anilines is 1. The van der Waals surface area contributed by atoms with Crippen LogP contribution in [0.25, 0.3) is 0 Å². The predicted molar refractivity (Wildman–Crippen MR) is 113 cm³/mol. The van der Waals surface area contributed by atoms with Crippen LogP contribution >= 0.6 is 0 Å². The summed E-state index contributed by atoms with van der Waals surface area (Å²) in [5.74, 6) is 0.755. The zero-order chi connectivity index (χ0) is 20.5. The number of methoxy groups -OCH3 is 1. The maximum Gasteiger partial charge on any atom is 0.259 e. The third kappa shape index (κ3) is 6.24. The molecule has 0 aromatic heterocycles. The van der Waals surface area contributed by atoms with Gasteiger partial charge in [0.05, 0.1) is 12.7 Å². The Morgan fingerprint density at radius 3 is 2.34 bits per heavy atom. The van der Waals surface area contributed by atoms with E-state index in [1.807, 2.05) is 6.07 Å². The monoisotopic (exact) mass is 396 g/mol. The standard InChI is InChI=1S/C23H28N2O4/c1-28-21-11-7-6-10-20(21)23(27)25-18-12-14-19(15-13-18)29-16-22(26)24-17-8-4-2-3-5-9-17/h6-7,10-15,17H,2-5,8-9,16H2,1H3,(H,24,26)(H,25,27). The maximum absolute atomic E-state index is 12.4. The molecule has 0 radical (unpaired) electrons. The summed E-state index contributed by atoms with van der Waals surface area (Å²) >= 11 is 0. The Labute approximate surface area is 171 Å². The van der Waals surface area contributed by atoms with Crippen LogP contribution in [0, 0.1) is 0 Å². The van der Waals surface area contributed by atoms with Gasteiger partial charge in [-0.05, 0) is 49.2 Å². The summed E-state index contributed by atoms with van der Waals surface area (Å²) in [6.45, 7) is -0.0105. The van der Waals surface area contributed by atoms with Gasteiger partial charge in [-0.2, -0.15) is 0 Å². The molecule has 2 aromatic carbocycles. The molecule has 3 rings (SSSR count). The summed E-state index contributed by atoms with van der Waals surface area (Å²) < 4.78 is 10.8. The van der Waals surface area contributed by atoms with E-state index in [1.165, 1.54) is 32.8 Å². The zero-order valence-corrected chi connectivity index (χ0v) is 16.8. The van der Waals surface area contributed by atoms with E-state index < -0.39 is 0 Å². The number of hydrogen-bond acceptors (Lipinski definition) is 4. The topological polar surface area (TPSA) is 76.7 Å². The molecule has 0 saturated heterocycles. The number of amides is 2. The lowest BCUT2D eigenvalue weighted by Gasteiger charge is -2.16. The predicted octanol–water partition coefficient (Wildman–Crippen LogP) is 4.17. The molecule has 0 heterocycles. The van der Waals surface area contributed by atoms with Gasteiger partial charge in [0.25, 0.3) is 11.8 Å².